The molecule has 0 bridgehead atoms. The van der Waals surface area contributed by atoms with Crippen molar-refractivity contribution < 1.29 is 14.6 Å². The van der Waals surface area contributed by atoms with Crippen molar-refractivity contribution in [1.29, 1.82) is 0 Å². The summed E-state index contributed by atoms with van der Waals surface area (Å²) in [5.41, 5.74) is 0. The van der Waals surface area contributed by atoms with Crippen LogP contribution in [0, 0.1) is 0 Å². The third-order valence-corrected chi connectivity index (χ3v) is 3.54. The predicted molar refractivity (Wildman–Crippen MR) is 81.9 cm³/mol. The Morgan fingerprint density at radius 2 is 1.32 bits per heavy atom. The molecule has 3 heteroatoms. The molecule has 0 heterocycles. The third-order valence-electron chi connectivity index (χ3n) is 3.54. The Bertz CT molecular complexity index is 184. The second-order valence-corrected chi connectivity index (χ2v) is 6.04. The molecule has 19 heavy (non-hydrogen) atoms. The monoisotopic (exact) mass is 274 g/mol. The number of quaternary nitrogens is 1. The fourth-order valence-electron chi connectivity index (χ4n) is 2.24. The number of aliphatic hydroxyl groups excluding tert-OH is 1. The van der Waals surface area contributed by atoms with Crippen molar-refractivity contribution in [1.82, 2.24) is 0 Å². The number of rotatable bonds is 14. The van der Waals surface area contributed by atoms with Crippen molar-refractivity contribution >= 4 is 0 Å². The van der Waals surface area contributed by atoms with E-state index >= 15 is 0 Å². The van der Waals surface area contributed by atoms with Crippen LogP contribution < -0.4 is 0 Å². The van der Waals surface area contributed by atoms with Gasteiger partial charge in [0.2, 0.25) is 0 Å². The number of hydrogen-bond acceptors (Lipinski definition) is 2. The molecule has 0 atom stereocenters. The maximum atomic E-state index is 8.81. The van der Waals surface area contributed by atoms with Crippen LogP contribution >= 0.6 is 0 Å². The summed E-state index contributed by atoms with van der Waals surface area (Å²) in [6.07, 6.45) is 12.9. The highest BCUT2D eigenvalue weighted by Crippen LogP contribution is 2.10. The molecule has 0 aromatic carbocycles. The zero-order chi connectivity index (χ0) is 14.4. The van der Waals surface area contributed by atoms with E-state index in [-0.39, 0.29) is 6.61 Å². The van der Waals surface area contributed by atoms with Crippen LogP contribution in [0.3, 0.4) is 0 Å². The molecule has 0 aliphatic heterocycles. The van der Waals surface area contributed by atoms with Gasteiger partial charge >= 0.3 is 0 Å². The van der Waals surface area contributed by atoms with Gasteiger partial charge in [0.1, 0.15) is 13.2 Å². The zero-order valence-electron chi connectivity index (χ0n) is 13.5. The van der Waals surface area contributed by atoms with E-state index in [0.29, 0.717) is 4.65 Å². The van der Waals surface area contributed by atoms with E-state index in [1.165, 1.54) is 51.4 Å². The molecule has 3 nitrogen and oxygen atoms in total. The minimum Gasteiger partial charge on any atom is -0.396 e. The Morgan fingerprint density at radius 1 is 0.789 bits per heavy atom. The predicted octanol–water partition coefficient (Wildman–Crippen LogP) is 3.91. The van der Waals surface area contributed by atoms with Crippen molar-refractivity contribution in [2.45, 2.75) is 71.1 Å². The van der Waals surface area contributed by atoms with Crippen molar-refractivity contribution in [3.63, 3.8) is 0 Å². The van der Waals surface area contributed by atoms with E-state index in [4.69, 9.17) is 9.94 Å². The summed E-state index contributed by atoms with van der Waals surface area (Å²) in [4.78, 5) is 5.82. The van der Waals surface area contributed by atoms with Gasteiger partial charge in [0, 0.05) is 13.0 Å². The van der Waals surface area contributed by atoms with Crippen LogP contribution in [-0.4, -0.2) is 43.6 Å². The van der Waals surface area contributed by atoms with E-state index in [9.17, 15) is 0 Å². The summed E-state index contributed by atoms with van der Waals surface area (Å²) in [5.74, 6) is 0. The highest BCUT2D eigenvalue weighted by atomic mass is 16.7. The molecule has 0 rings (SSSR count). The molecule has 0 aliphatic rings. The Balaban J connectivity index is 3.21. The van der Waals surface area contributed by atoms with Gasteiger partial charge in [-0.15, -0.1) is 0 Å². The van der Waals surface area contributed by atoms with E-state index in [1.807, 2.05) is 0 Å². The van der Waals surface area contributed by atoms with Gasteiger partial charge in [-0.1, -0.05) is 58.3 Å². The molecule has 0 saturated heterocycles. The van der Waals surface area contributed by atoms with E-state index in [1.54, 1.807) is 0 Å². The van der Waals surface area contributed by atoms with Crippen LogP contribution in [-0.2, 0) is 4.84 Å². The van der Waals surface area contributed by atoms with Crippen LogP contribution in [0.2, 0.25) is 0 Å². The van der Waals surface area contributed by atoms with Gasteiger partial charge in [0.15, 0.2) is 0 Å². The molecular formula is C16H36NO2+. The summed E-state index contributed by atoms with van der Waals surface area (Å²) < 4.78 is 0.567. The molecule has 0 unspecified atom stereocenters. The molecule has 116 valence electrons. The smallest absolute Gasteiger partial charge is 0.111 e. The topological polar surface area (TPSA) is 29.5 Å². The fourth-order valence-corrected chi connectivity index (χ4v) is 2.24. The maximum absolute atomic E-state index is 8.81. The largest absolute Gasteiger partial charge is 0.396 e. The second-order valence-electron chi connectivity index (χ2n) is 6.04. The van der Waals surface area contributed by atoms with Gasteiger partial charge in [-0.25, -0.2) is 4.84 Å². The summed E-state index contributed by atoms with van der Waals surface area (Å²) in [5, 5.41) is 8.81. The maximum Gasteiger partial charge on any atom is 0.111 e. The van der Waals surface area contributed by atoms with Crippen LogP contribution in [0.25, 0.3) is 0 Å². The molecule has 0 aliphatic carbocycles. The summed E-state index contributed by atoms with van der Waals surface area (Å²) in [7, 11) is 4.12. The zero-order valence-corrected chi connectivity index (χ0v) is 13.5. The first-order chi connectivity index (χ1) is 9.12. The lowest BCUT2D eigenvalue weighted by atomic mass is 10.1. The van der Waals surface area contributed by atoms with E-state index in [0.717, 1.165) is 26.0 Å². The molecule has 0 aromatic rings. The summed E-state index contributed by atoms with van der Waals surface area (Å²) >= 11 is 0. The lowest BCUT2D eigenvalue weighted by Crippen LogP contribution is -2.41. The number of unbranched alkanes of at least 4 members (excludes halogenated alkanes) is 8. The van der Waals surface area contributed by atoms with Crippen LogP contribution in [0.4, 0.5) is 0 Å². The van der Waals surface area contributed by atoms with Crippen LogP contribution in [0.5, 0.6) is 0 Å². The van der Waals surface area contributed by atoms with Crippen LogP contribution in [0.15, 0.2) is 0 Å². The molecular weight excluding hydrogens is 238 g/mol. The van der Waals surface area contributed by atoms with E-state index < -0.39 is 0 Å². The molecule has 1 N–H and O–H groups in total. The van der Waals surface area contributed by atoms with Crippen molar-refractivity contribution in [3.8, 4) is 0 Å². The van der Waals surface area contributed by atoms with Gasteiger partial charge < -0.3 is 5.11 Å². The Kier molecular flexibility index (Phi) is 12.8. The minimum atomic E-state index is 0.253. The fraction of sp³-hybridized carbons (Fsp3) is 1.00. The quantitative estimate of drug-likeness (QED) is 0.296. The number of hydroxylamine groups is 3. The Hall–Kier alpha value is -0.120. The Morgan fingerprint density at radius 3 is 1.84 bits per heavy atom. The van der Waals surface area contributed by atoms with Gasteiger partial charge in [0.25, 0.3) is 0 Å². The van der Waals surface area contributed by atoms with Crippen molar-refractivity contribution in [2.24, 2.45) is 0 Å². The first kappa shape index (κ1) is 18.9. The van der Waals surface area contributed by atoms with Gasteiger partial charge in [-0.3, -0.25) is 0 Å². The van der Waals surface area contributed by atoms with Crippen molar-refractivity contribution in [2.75, 3.05) is 33.9 Å². The summed E-state index contributed by atoms with van der Waals surface area (Å²) in [6.45, 7) is 4.24. The summed E-state index contributed by atoms with van der Waals surface area (Å²) in [6, 6.07) is 0. The number of hydrogen-bond donors (Lipinski definition) is 1. The average Bonchev–Trinajstić information content (AvgIpc) is 2.38. The number of nitrogens with zero attached hydrogens (tertiary/aromatic N) is 1. The first-order valence-corrected chi connectivity index (χ1v) is 8.21. The highest BCUT2D eigenvalue weighted by molar-refractivity contribution is 4.46. The average molecular weight is 274 g/mol. The van der Waals surface area contributed by atoms with Gasteiger partial charge in [0.05, 0.1) is 14.1 Å². The lowest BCUT2D eigenvalue weighted by Gasteiger charge is -2.26. The lowest BCUT2D eigenvalue weighted by molar-refractivity contribution is -1.08. The molecule has 0 spiro atoms. The third kappa shape index (κ3) is 14.1. The normalized spacial score (nSPS) is 12.0. The van der Waals surface area contributed by atoms with Gasteiger partial charge in [-0.05, 0) is 6.42 Å². The van der Waals surface area contributed by atoms with E-state index in [2.05, 4.69) is 21.0 Å². The molecule has 0 radical (unpaired) electrons. The van der Waals surface area contributed by atoms with Crippen LogP contribution in [0.1, 0.15) is 71.1 Å². The first-order valence-electron chi connectivity index (χ1n) is 8.21. The van der Waals surface area contributed by atoms with Crippen molar-refractivity contribution in [3.05, 3.63) is 0 Å². The van der Waals surface area contributed by atoms with Gasteiger partial charge in [-0.2, -0.15) is 4.65 Å². The molecule has 0 fully saturated rings. The SMILES string of the molecule is CCCCCCCCCCCO[N+](C)(C)CCCO. The standard InChI is InChI=1S/C16H36NO2/c1-4-5-6-7-8-9-10-11-12-16-19-17(2,3)14-13-15-18/h18H,4-16H2,1-3H3/q+1. The molecule has 0 aromatic heterocycles. The molecule has 0 saturated carbocycles. The molecule has 0 amide bonds. The Labute approximate surface area is 120 Å². The number of aliphatic hydroxyl groups is 1. The minimum absolute atomic E-state index is 0.253. The highest BCUT2D eigenvalue weighted by Gasteiger charge is 2.15. The second kappa shape index (κ2) is 12.9.